The fourth-order valence-electron chi connectivity index (χ4n) is 0.524. The second-order valence-corrected chi connectivity index (χ2v) is 1.99. The quantitative estimate of drug-likeness (QED) is 0.275. The van der Waals surface area contributed by atoms with Crippen molar-refractivity contribution >= 4 is 12.0 Å². The van der Waals surface area contributed by atoms with E-state index in [0.717, 1.165) is 0 Å². The van der Waals surface area contributed by atoms with Crippen molar-refractivity contribution in [1.82, 2.24) is 0 Å². The average Bonchev–Trinajstić information content (AvgIpc) is 1.97. The van der Waals surface area contributed by atoms with E-state index in [-0.39, 0.29) is 5.57 Å². The van der Waals surface area contributed by atoms with E-state index in [4.69, 9.17) is 5.11 Å². The maximum atomic E-state index is 10.2. The van der Waals surface area contributed by atoms with Crippen molar-refractivity contribution < 1.29 is 14.7 Å². The Bertz CT molecular complexity index is 204. The monoisotopic (exact) mass is 155 g/mol. The molecule has 4 heteroatoms. The Kier molecular flexibility index (Phi) is 4.69. The lowest BCUT2D eigenvalue weighted by atomic mass is 10.2. The summed E-state index contributed by atoms with van der Waals surface area (Å²) in [6.07, 6.45) is 2.26. The molecule has 0 aromatic rings. The molecule has 0 radical (unpaired) electrons. The van der Waals surface area contributed by atoms with Gasteiger partial charge in [-0.3, -0.25) is 0 Å². The highest BCUT2D eigenvalue weighted by Crippen LogP contribution is 2.01. The van der Waals surface area contributed by atoms with Crippen molar-refractivity contribution in [2.45, 2.75) is 12.8 Å². The Balaban J connectivity index is 3.47. The molecule has 0 aromatic heterocycles. The second-order valence-electron chi connectivity index (χ2n) is 1.99. The minimum Gasteiger partial charge on any atom is -0.478 e. The number of carbonyl (C=O) groups excluding carboxylic acids is 1. The summed E-state index contributed by atoms with van der Waals surface area (Å²) in [5, 5.41) is 8.33. The van der Waals surface area contributed by atoms with E-state index in [0.29, 0.717) is 19.4 Å². The van der Waals surface area contributed by atoms with Crippen LogP contribution in [0, 0.1) is 0 Å². The largest absolute Gasteiger partial charge is 0.478 e. The van der Waals surface area contributed by atoms with Crippen LogP contribution in [-0.2, 0) is 9.59 Å². The summed E-state index contributed by atoms with van der Waals surface area (Å²) in [6, 6.07) is 0. The van der Waals surface area contributed by atoms with Crippen LogP contribution in [0.1, 0.15) is 12.8 Å². The molecule has 0 aromatic carbocycles. The van der Waals surface area contributed by atoms with E-state index in [1.165, 1.54) is 6.08 Å². The molecule has 0 unspecified atom stereocenters. The molecule has 11 heavy (non-hydrogen) atoms. The first-order valence-corrected chi connectivity index (χ1v) is 3.13. The highest BCUT2D eigenvalue weighted by molar-refractivity contribution is 5.85. The zero-order valence-electron chi connectivity index (χ0n) is 6.04. The van der Waals surface area contributed by atoms with Gasteiger partial charge in [0.2, 0.25) is 6.08 Å². The number of isocyanates is 1. The van der Waals surface area contributed by atoms with Crippen LogP contribution in [0.25, 0.3) is 0 Å². The van der Waals surface area contributed by atoms with E-state index in [1.54, 1.807) is 0 Å². The van der Waals surface area contributed by atoms with Crippen LogP contribution in [-0.4, -0.2) is 23.7 Å². The Morgan fingerprint density at radius 3 is 2.73 bits per heavy atom. The Morgan fingerprint density at radius 1 is 1.64 bits per heavy atom. The van der Waals surface area contributed by atoms with Gasteiger partial charge in [0.05, 0.1) is 6.54 Å². The molecule has 1 N–H and O–H groups in total. The van der Waals surface area contributed by atoms with Crippen molar-refractivity contribution in [3.63, 3.8) is 0 Å². The van der Waals surface area contributed by atoms with Crippen LogP contribution in [0.15, 0.2) is 17.1 Å². The van der Waals surface area contributed by atoms with E-state index in [9.17, 15) is 9.59 Å². The summed E-state index contributed by atoms with van der Waals surface area (Å²) in [6.45, 7) is 3.63. The fraction of sp³-hybridized carbons (Fsp3) is 0.429. The smallest absolute Gasteiger partial charge is 0.330 e. The van der Waals surface area contributed by atoms with Gasteiger partial charge in [-0.1, -0.05) is 6.58 Å². The van der Waals surface area contributed by atoms with Crippen molar-refractivity contribution in [2.75, 3.05) is 6.54 Å². The number of hydrogen-bond acceptors (Lipinski definition) is 3. The van der Waals surface area contributed by atoms with Crippen LogP contribution in [0.4, 0.5) is 0 Å². The highest BCUT2D eigenvalue weighted by atomic mass is 16.4. The first kappa shape index (κ1) is 9.59. The van der Waals surface area contributed by atoms with Gasteiger partial charge < -0.3 is 5.11 Å². The maximum Gasteiger partial charge on any atom is 0.330 e. The van der Waals surface area contributed by atoms with Gasteiger partial charge in [-0.25, -0.2) is 14.6 Å². The number of aliphatic carboxylic acids is 1. The van der Waals surface area contributed by atoms with E-state index < -0.39 is 5.97 Å². The van der Waals surface area contributed by atoms with Gasteiger partial charge in [0, 0.05) is 5.57 Å². The Labute approximate surface area is 64.3 Å². The summed E-state index contributed by atoms with van der Waals surface area (Å²) < 4.78 is 0. The molecule has 0 aliphatic heterocycles. The van der Waals surface area contributed by atoms with Gasteiger partial charge in [0.25, 0.3) is 0 Å². The van der Waals surface area contributed by atoms with E-state index >= 15 is 0 Å². The number of carboxylic acids is 1. The van der Waals surface area contributed by atoms with Crippen LogP contribution in [0.5, 0.6) is 0 Å². The Morgan fingerprint density at radius 2 is 2.27 bits per heavy atom. The predicted octanol–water partition coefficient (Wildman–Crippen LogP) is 0.743. The van der Waals surface area contributed by atoms with Gasteiger partial charge in [0.15, 0.2) is 0 Å². The molecule has 0 aliphatic rings. The molecule has 0 aliphatic carbocycles. The normalized spacial score (nSPS) is 8.36. The third kappa shape index (κ3) is 5.06. The van der Waals surface area contributed by atoms with Crippen molar-refractivity contribution in [2.24, 2.45) is 4.99 Å². The minimum absolute atomic E-state index is 0.145. The first-order valence-electron chi connectivity index (χ1n) is 3.13. The predicted molar refractivity (Wildman–Crippen MR) is 39.0 cm³/mol. The second kappa shape index (κ2) is 5.38. The standard InChI is InChI=1S/C7H9NO3/c1-6(7(10)11)3-2-4-8-5-9/h1-4H2,(H,10,11). The molecule has 60 valence electrons. The van der Waals surface area contributed by atoms with E-state index in [2.05, 4.69) is 11.6 Å². The number of nitrogens with zero attached hydrogens (tertiary/aromatic N) is 1. The van der Waals surface area contributed by atoms with Crippen LogP contribution in [0.3, 0.4) is 0 Å². The van der Waals surface area contributed by atoms with Gasteiger partial charge in [0.1, 0.15) is 0 Å². The first-order chi connectivity index (χ1) is 5.18. The van der Waals surface area contributed by atoms with Crippen molar-refractivity contribution in [3.05, 3.63) is 12.2 Å². The third-order valence-electron chi connectivity index (χ3n) is 1.12. The molecule has 0 amide bonds. The molecule has 0 saturated carbocycles. The summed E-state index contributed by atoms with van der Waals surface area (Å²) >= 11 is 0. The number of carbonyl (C=O) groups is 1. The molecular weight excluding hydrogens is 146 g/mol. The third-order valence-corrected chi connectivity index (χ3v) is 1.12. The average molecular weight is 155 g/mol. The van der Waals surface area contributed by atoms with Crippen LogP contribution in [0.2, 0.25) is 0 Å². The lowest BCUT2D eigenvalue weighted by Crippen LogP contribution is -1.99. The summed E-state index contributed by atoms with van der Waals surface area (Å²) in [4.78, 5) is 23.0. The van der Waals surface area contributed by atoms with Crippen molar-refractivity contribution in [1.29, 1.82) is 0 Å². The maximum absolute atomic E-state index is 10.2. The lowest BCUT2D eigenvalue weighted by Gasteiger charge is -1.95. The molecule has 0 bridgehead atoms. The zero-order valence-corrected chi connectivity index (χ0v) is 6.04. The molecule has 4 nitrogen and oxygen atoms in total. The fourth-order valence-corrected chi connectivity index (χ4v) is 0.524. The summed E-state index contributed by atoms with van der Waals surface area (Å²) in [5.41, 5.74) is 0.145. The summed E-state index contributed by atoms with van der Waals surface area (Å²) in [7, 11) is 0. The SMILES string of the molecule is C=C(CCCN=C=O)C(=O)O. The highest BCUT2D eigenvalue weighted by Gasteiger charge is 2.01. The molecular formula is C7H9NO3. The molecule has 0 saturated heterocycles. The minimum atomic E-state index is -1.000. The van der Waals surface area contributed by atoms with Gasteiger partial charge >= 0.3 is 5.97 Å². The summed E-state index contributed by atoms with van der Waals surface area (Å²) in [5.74, 6) is -1.000. The number of rotatable bonds is 5. The molecule has 0 atom stereocenters. The van der Waals surface area contributed by atoms with Crippen molar-refractivity contribution in [3.8, 4) is 0 Å². The van der Waals surface area contributed by atoms with E-state index in [1.807, 2.05) is 0 Å². The topological polar surface area (TPSA) is 66.7 Å². The van der Waals surface area contributed by atoms with Crippen LogP contribution < -0.4 is 0 Å². The Hall–Kier alpha value is -1.41. The number of aliphatic imine (C=N–C) groups is 1. The lowest BCUT2D eigenvalue weighted by molar-refractivity contribution is -0.132. The zero-order chi connectivity index (χ0) is 8.69. The number of hydrogen-bond donors (Lipinski definition) is 1. The van der Waals surface area contributed by atoms with Crippen LogP contribution >= 0.6 is 0 Å². The molecule has 0 rings (SSSR count). The molecule has 0 heterocycles. The molecule has 0 spiro atoms. The van der Waals surface area contributed by atoms with Gasteiger partial charge in [-0.05, 0) is 12.8 Å². The van der Waals surface area contributed by atoms with Gasteiger partial charge in [-0.2, -0.15) is 0 Å². The van der Waals surface area contributed by atoms with Gasteiger partial charge in [-0.15, -0.1) is 0 Å². The number of carboxylic acid groups (broad SMARTS) is 1. The molecule has 0 fully saturated rings.